The minimum Gasteiger partial charge on any atom is -0.444 e. The number of carbonyl (C=O) groups is 2. The van der Waals surface area contributed by atoms with Crippen LogP contribution in [-0.2, 0) is 24.1 Å². The molecule has 0 radical (unpaired) electrons. The van der Waals surface area contributed by atoms with E-state index in [4.69, 9.17) is 16.3 Å². The van der Waals surface area contributed by atoms with E-state index in [2.05, 4.69) is 17.2 Å². The van der Waals surface area contributed by atoms with E-state index in [1.807, 2.05) is 6.07 Å². The van der Waals surface area contributed by atoms with Gasteiger partial charge in [-0.25, -0.2) is 4.79 Å². The number of alkyl carbamates (subject to hydrolysis) is 1. The number of aryl methyl sites for hydroxylation is 1. The van der Waals surface area contributed by atoms with Crippen molar-refractivity contribution in [2.24, 2.45) is 7.05 Å². The van der Waals surface area contributed by atoms with E-state index in [0.29, 0.717) is 38.6 Å². The van der Waals surface area contributed by atoms with Crippen LogP contribution in [0.1, 0.15) is 54.9 Å². The number of benzene rings is 1. The van der Waals surface area contributed by atoms with Crippen molar-refractivity contribution in [3.05, 3.63) is 86.6 Å². The number of rotatable bonds is 8. The van der Waals surface area contributed by atoms with Gasteiger partial charge in [0.25, 0.3) is 5.56 Å². The van der Waals surface area contributed by atoms with Crippen molar-refractivity contribution >= 4 is 35.2 Å². The van der Waals surface area contributed by atoms with Crippen molar-refractivity contribution in [3.8, 4) is 11.1 Å². The van der Waals surface area contributed by atoms with Gasteiger partial charge in [-0.2, -0.15) is 11.8 Å². The van der Waals surface area contributed by atoms with Gasteiger partial charge in [-0.15, -0.1) is 0 Å². The molecule has 3 rings (SSSR count). The summed E-state index contributed by atoms with van der Waals surface area (Å²) in [6.07, 6.45) is 2.66. The van der Waals surface area contributed by atoms with Gasteiger partial charge in [0.1, 0.15) is 5.60 Å². The molecule has 190 valence electrons. The van der Waals surface area contributed by atoms with Crippen LogP contribution >= 0.6 is 23.4 Å². The predicted molar refractivity (Wildman–Crippen MR) is 145 cm³/mol. The Bertz CT molecular complexity index is 1310. The second-order valence-corrected chi connectivity index (χ2v) is 10.9. The minimum absolute atomic E-state index is 0.0519. The summed E-state index contributed by atoms with van der Waals surface area (Å²) in [5.74, 6) is 1.38. The third-order valence-corrected chi connectivity index (χ3v) is 6.35. The van der Waals surface area contributed by atoms with Crippen LogP contribution in [0.15, 0.2) is 53.6 Å². The van der Waals surface area contributed by atoms with Gasteiger partial charge in [0.15, 0.2) is 5.78 Å². The average molecular weight is 528 g/mol. The number of hydrogen-bond acceptors (Lipinski definition) is 6. The van der Waals surface area contributed by atoms with E-state index in [0.717, 1.165) is 11.4 Å². The van der Waals surface area contributed by atoms with E-state index in [-0.39, 0.29) is 17.9 Å². The SMILES string of the molecule is CCSCc1cc(-c2cn(C)c(=O)cc2CNC(=O)OC(C)(C)C)c(C(=O)c2ccc(Cl)cc2)cn1. The fourth-order valence-corrected chi connectivity index (χ4v) is 4.18. The molecule has 36 heavy (non-hydrogen) atoms. The van der Waals surface area contributed by atoms with E-state index in [1.165, 1.54) is 10.6 Å². The molecule has 0 unspecified atom stereocenters. The molecule has 9 heteroatoms. The Balaban J connectivity index is 2.11. The van der Waals surface area contributed by atoms with Crippen molar-refractivity contribution < 1.29 is 14.3 Å². The highest BCUT2D eigenvalue weighted by Crippen LogP contribution is 2.30. The quantitative estimate of drug-likeness (QED) is 0.383. The maximum Gasteiger partial charge on any atom is 0.407 e. The van der Waals surface area contributed by atoms with Crippen LogP contribution in [0.2, 0.25) is 5.02 Å². The van der Waals surface area contributed by atoms with Gasteiger partial charge in [-0.05, 0) is 68.0 Å². The smallest absolute Gasteiger partial charge is 0.407 e. The van der Waals surface area contributed by atoms with Crippen LogP contribution in [0, 0.1) is 0 Å². The van der Waals surface area contributed by atoms with Gasteiger partial charge in [-0.3, -0.25) is 14.6 Å². The standard InChI is InChI=1S/C27H30ClN3O4S/c1-6-36-16-20-12-21(22(14-29-20)25(33)17-7-9-19(28)10-8-17)23-15-31(5)24(32)11-18(23)13-30-26(34)35-27(2,3)4/h7-12,14-15H,6,13,16H2,1-5H3,(H,30,34). The summed E-state index contributed by atoms with van der Waals surface area (Å²) in [5.41, 5.74) is 2.62. The molecule has 0 atom stereocenters. The molecular formula is C27H30ClN3O4S. The summed E-state index contributed by atoms with van der Waals surface area (Å²) < 4.78 is 6.79. The number of nitrogens with one attached hydrogen (secondary N) is 1. The van der Waals surface area contributed by atoms with Crippen LogP contribution in [0.5, 0.6) is 0 Å². The lowest BCUT2D eigenvalue weighted by atomic mass is 9.93. The van der Waals surface area contributed by atoms with Crippen LogP contribution in [0.3, 0.4) is 0 Å². The lowest BCUT2D eigenvalue weighted by Gasteiger charge is -2.20. The first kappa shape index (κ1) is 27.5. The number of carbonyl (C=O) groups excluding carboxylic acids is 2. The van der Waals surface area contributed by atoms with E-state index < -0.39 is 11.7 Å². The van der Waals surface area contributed by atoms with Crippen LogP contribution in [0.25, 0.3) is 11.1 Å². The number of nitrogens with zero attached hydrogens (tertiary/aromatic N) is 2. The third-order valence-electron chi connectivity index (χ3n) is 5.19. The molecule has 0 spiro atoms. The van der Waals surface area contributed by atoms with Crippen LogP contribution < -0.4 is 10.9 Å². The number of ketones is 1. The van der Waals surface area contributed by atoms with Gasteiger partial charge >= 0.3 is 6.09 Å². The highest BCUT2D eigenvalue weighted by Gasteiger charge is 2.21. The maximum atomic E-state index is 13.5. The Morgan fingerprint density at radius 3 is 2.47 bits per heavy atom. The highest BCUT2D eigenvalue weighted by molar-refractivity contribution is 7.98. The Morgan fingerprint density at radius 2 is 1.83 bits per heavy atom. The molecule has 3 aromatic rings. The van der Waals surface area contributed by atoms with E-state index >= 15 is 0 Å². The summed E-state index contributed by atoms with van der Waals surface area (Å²) in [6, 6.07) is 10.0. The largest absolute Gasteiger partial charge is 0.444 e. The summed E-state index contributed by atoms with van der Waals surface area (Å²) in [6.45, 7) is 7.45. The number of thioether (sulfide) groups is 1. The zero-order chi connectivity index (χ0) is 26.5. The molecule has 0 saturated heterocycles. The molecule has 1 N–H and O–H groups in total. The van der Waals surface area contributed by atoms with Crippen LogP contribution in [0.4, 0.5) is 4.79 Å². The number of hydrogen-bond donors (Lipinski definition) is 1. The number of aromatic nitrogens is 2. The van der Waals surface area contributed by atoms with Crippen LogP contribution in [-0.4, -0.2) is 32.8 Å². The van der Waals surface area contributed by atoms with Crippen molar-refractivity contribution in [2.45, 2.75) is 45.6 Å². The summed E-state index contributed by atoms with van der Waals surface area (Å²) in [7, 11) is 1.65. The zero-order valence-electron chi connectivity index (χ0n) is 21.1. The molecule has 0 aliphatic carbocycles. The topological polar surface area (TPSA) is 90.3 Å². The Hall–Kier alpha value is -3.10. The second kappa shape index (κ2) is 11.8. The van der Waals surface area contributed by atoms with Gasteiger partial charge in [0.2, 0.25) is 0 Å². The van der Waals surface area contributed by atoms with Crippen molar-refractivity contribution in [2.75, 3.05) is 5.75 Å². The molecule has 7 nitrogen and oxygen atoms in total. The first-order valence-corrected chi connectivity index (χ1v) is 13.1. The molecule has 0 aliphatic rings. The predicted octanol–water partition coefficient (Wildman–Crippen LogP) is 5.61. The Kier molecular flexibility index (Phi) is 8.98. The minimum atomic E-state index is -0.658. The third kappa shape index (κ3) is 7.21. The lowest BCUT2D eigenvalue weighted by Crippen LogP contribution is -2.32. The van der Waals surface area contributed by atoms with Gasteiger partial charge in [0.05, 0.1) is 5.69 Å². The zero-order valence-corrected chi connectivity index (χ0v) is 22.6. The molecule has 0 saturated carbocycles. The van der Waals surface area contributed by atoms with Crippen molar-refractivity contribution in [3.63, 3.8) is 0 Å². The fraction of sp³-hybridized carbons (Fsp3) is 0.333. The number of ether oxygens (including phenoxy) is 1. The maximum absolute atomic E-state index is 13.5. The normalized spacial score (nSPS) is 11.3. The number of amides is 1. The Morgan fingerprint density at radius 1 is 1.14 bits per heavy atom. The summed E-state index contributed by atoms with van der Waals surface area (Å²) >= 11 is 7.72. The summed E-state index contributed by atoms with van der Waals surface area (Å²) in [5, 5.41) is 3.25. The lowest BCUT2D eigenvalue weighted by molar-refractivity contribution is 0.0523. The number of halogens is 1. The molecular weight excluding hydrogens is 498 g/mol. The molecule has 0 aliphatic heterocycles. The molecule has 2 aromatic heterocycles. The monoisotopic (exact) mass is 527 g/mol. The average Bonchev–Trinajstić information content (AvgIpc) is 2.82. The van der Waals surface area contributed by atoms with Gasteiger partial charge < -0.3 is 14.6 Å². The molecule has 1 aromatic carbocycles. The first-order valence-electron chi connectivity index (χ1n) is 11.5. The number of pyridine rings is 2. The van der Waals surface area contributed by atoms with E-state index in [1.54, 1.807) is 76.2 Å². The van der Waals surface area contributed by atoms with E-state index in [9.17, 15) is 14.4 Å². The second-order valence-electron chi connectivity index (χ2n) is 9.21. The van der Waals surface area contributed by atoms with Gasteiger partial charge in [-0.1, -0.05) is 18.5 Å². The fourth-order valence-electron chi connectivity index (χ4n) is 3.48. The molecule has 2 heterocycles. The summed E-state index contributed by atoms with van der Waals surface area (Å²) in [4.78, 5) is 42.8. The Labute approximate surface area is 220 Å². The highest BCUT2D eigenvalue weighted by atomic mass is 35.5. The molecule has 0 bridgehead atoms. The molecule has 1 amide bonds. The van der Waals surface area contributed by atoms with Gasteiger partial charge in [0, 0.05) is 59.5 Å². The first-order chi connectivity index (χ1) is 17.0. The van der Waals surface area contributed by atoms with Crippen molar-refractivity contribution in [1.29, 1.82) is 0 Å². The van der Waals surface area contributed by atoms with Crippen molar-refractivity contribution in [1.82, 2.24) is 14.9 Å². The molecule has 0 fully saturated rings.